The van der Waals surface area contributed by atoms with Crippen molar-refractivity contribution in [3.8, 4) is 0 Å². The first kappa shape index (κ1) is 15.7. The first-order chi connectivity index (χ1) is 9.32. The summed E-state index contributed by atoms with van der Waals surface area (Å²) in [5, 5.41) is 9.08. The molecule has 7 heteroatoms. The summed E-state index contributed by atoms with van der Waals surface area (Å²) in [6.07, 6.45) is 2.93. The molecule has 2 aliphatic rings. The highest BCUT2D eigenvalue weighted by atomic mass is 32.2. The molecular formula is C13H24N2O4S. The van der Waals surface area contributed by atoms with Gasteiger partial charge in [-0.15, -0.1) is 0 Å². The van der Waals surface area contributed by atoms with Gasteiger partial charge in [0.15, 0.2) is 0 Å². The first-order valence-corrected chi connectivity index (χ1v) is 8.71. The summed E-state index contributed by atoms with van der Waals surface area (Å²) in [5.74, 6) is -0.924. The van der Waals surface area contributed by atoms with E-state index >= 15 is 0 Å². The Morgan fingerprint density at radius 2 is 1.90 bits per heavy atom. The number of carboxylic acid groups (broad SMARTS) is 1. The Hall–Kier alpha value is -0.660. The molecule has 0 radical (unpaired) electrons. The van der Waals surface area contributed by atoms with Crippen LogP contribution in [0.5, 0.6) is 0 Å². The van der Waals surface area contributed by atoms with E-state index < -0.39 is 22.1 Å². The lowest BCUT2D eigenvalue weighted by atomic mass is 9.95. The Balaban J connectivity index is 2.11. The summed E-state index contributed by atoms with van der Waals surface area (Å²) in [6, 6.07) is -0.00560. The largest absolute Gasteiger partial charge is 0.481 e. The van der Waals surface area contributed by atoms with Gasteiger partial charge < -0.3 is 5.11 Å². The number of piperidine rings is 2. The second-order valence-electron chi connectivity index (χ2n) is 6.13. The molecule has 2 rings (SSSR count). The van der Waals surface area contributed by atoms with Crippen LogP contribution in [0.2, 0.25) is 0 Å². The molecule has 2 saturated heterocycles. The molecule has 2 heterocycles. The number of hydrogen-bond acceptors (Lipinski definition) is 3. The van der Waals surface area contributed by atoms with Crippen LogP contribution in [0.3, 0.4) is 0 Å². The van der Waals surface area contributed by atoms with E-state index in [2.05, 4.69) is 6.92 Å². The Bertz CT molecular complexity index is 465. The lowest BCUT2D eigenvalue weighted by Gasteiger charge is -2.40. The topological polar surface area (TPSA) is 77.9 Å². The fraction of sp³-hybridized carbons (Fsp3) is 0.923. The van der Waals surface area contributed by atoms with Crippen molar-refractivity contribution in [3.05, 3.63) is 0 Å². The zero-order chi connectivity index (χ0) is 14.9. The first-order valence-electron chi connectivity index (χ1n) is 7.32. The van der Waals surface area contributed by atoms with Crippen LogP contribution in [-0.2, 0) is 15.0 Å². The maximum atomic E-state index is 12.7. The summed E-state index contributed by atoms with van der Waals surface area (Å²) in [5.41, 5.74) is 0. The lowest BCUT2D eigenvalue weighted by Crippen LogP contribution is -2.53. The average molecular weight is 304 g/mol. The molecular weight excluding hydrogens is 280 g/mol. The SMILES string of the molecule is CC1CCN(S(=O)(=O)N2CCCC(C(=O)O)C2)C(C)C1. The zero-order valence-corrected chi connectivity index (χ0v) is 13.0. The van der Waals surface area contributed by atoms with Crippen LogP contribution in [0.25, 0.3) is 0 Å². The predicted molar refractivity (Wildman–Crippen MR) is 75.4 cm³/mol. The van der Waals surface area contributed by atoms with Gasteiger partial charge in [-0.1, -0.05) is 6.92 Å². The quantitative estimate of drug-likeness (QED) is 0.848. The third-order valence-electron chi connectivity index (χ3n) is 4.43. The van der Waals surface area contributed by atoms with Crippen molar-refractivity contribution in [1.29, 1.82) is 0 Å². The maximum Gasteiger partial charge on any atom is 0.307 e. The molecule has 0 aromatic heterocycles. The number of carbonyl (C=O) groups is 1. The standard InChI is InChI=1S/C13H24N2O4S/c1-10-5-7-15(11(2)8-10)20(18,19)14-6-3-4-12(9-14)13(16)17/h10-12H,3-9H2,1-2H3,(H,16,17). The molecule has 6 nitrogen and oxygen atoms in total. The fourth-order valence-corrected chi connectivity index (χ4v) is 5.13. The monoisotopic (exact) mass is 304 g/mol. The number of nitrogens with zero attached hydrogens (tertiary/aromatic N) is 2. The summed E-state index contributed by atoms with van der Waals surface area (Å²) in [7, 11) is -3.52. The number of carboxylic acids is 1. The van der Waals surface area contributed by atoms with Gasteiger partial charge in [0, 0.05) is 25.7 Å². The fourth-order valence-electron chi connectivity index (χ4n) is 3.23. The maximum absolute atomic E-state index is 12.7. The van der Waals surface area contributed by atoms with Crippen molar-refractivity contribution in [2.75, 3.05) is 19.6 Å². The van der Waals surface area contributed by atoms with E-state index in [1.165, 1.54) is 4.31 Å². The van der Waals surface area contributed by atoms with Crippen LogP contribution in [-0.4, -0.2) is 53.8 Å². The predicted octanol–water partition coefficient (Wildman–Crippen LogP) is 1.15. The smallest absolute Gasteiger partial charge is 0.307 e. The lowest BCUT2D eigenvalue weighted by molar-refractivity contribution is -0.142. The van der Waals surface area contributed by atoms with Gasteiger partial charge in [-0.05, 0) is 38.5 Å². The summed E-state index contributed by atoms with van der Waals surface area (Å²) in [6.45, 7) is 5.16. The summed E-state index contributed by atoms with van der Waals surface area (Å²) >= 11 is 0. The molecule has 2 aliphatic heterocycles. The molecule has 0 saturated carbocycles. The van der Waals surface area contributed by atoms with Crippen molar-refractivity contribution in [2.45, 2.75) is 45.6 Å². The summed E-state index contributed by atoms with van der Waals surface area (Å²) in [4.78, 5) is 11.1. The minimum Gasteiger partial charge on any atom is -0.481 e. The van der Waals surface area contributed by atoms with Gasteiger partial charge in [-0.25, -0.2) is 0 Å². The third kappa shape index (κ3) is 3.15. The van der Waals surface area contributed by atoms with Crippen LogP contribution in [0.4, 0.5) is 0 Å². The molecule has 20 heavy (non-hydrogen) atoms. The zero-order valence-electron chi connectivity index (χ0n) is 12.2. The molecule has 1 N–H and O–H groups in total. The van der Waals surface area contributed by atoms with Gasteiger partial charge in [-0.2, -0.15) is 17.0 Å². The molecule has 3 atom stereocenters. The molecule has 116 valence electrons. The van der Waals surface area contributed by atoms with Crippen LogP contribution >= 0.6 is 0 Å². The van der Waals surface area contributed by atoms with Gasteiger partial charge in [0.2, 0.25) is 0 Å². The number of hydrogen-bond donors (Lipinski definition) is 1. The van der Waals surface area contributed by atoms with E-state index in [1.807, 2.05) is 6.92 Å². The van der Waals surface area contributed by atoms with E-state index in [0.29, 0.717) is 31.8 Å². The minimum absolute atomic E-state index is 0.00560. The molecule has 0 aromatic carbocycles. The molecule has 0 amide bonds. The van der Waals surface area contributed by atoms with E-state index in [9.17, 15) is 13.2 Å². The molecule has 3 unspecified atom stereocenters. The molecule has 2 fully saturated rings. The van der Waals surface area contributed by atoms with Crippen molar-refractivity contribution in [2.24, 2.45) is 11.8 Å². The third-order valence-corrected chi connectivity index (χ3v) is 6.55. The van der Waals surface area contributed by atoms with Crippen molar-refractivity contribution < 1.29 is 18.3 Å². The van der Waals surface area contributed by atoms with Gasteiger partial charge in [-0.3, -0.25) is 4.79 Å². The normalized spacial score (nSPS) is 34.0. The number of aliphatic carboxylic acids is 1. The van der Waals surface area contributed by atoms with Gasteiger partial charge in [0.25, 0.3) is 10.2 Å². The van der Waals surface area contributed by atoms with Crippen LogP contribution in [0.1, 0.15) is 39.5 Å². The highest BCUT2D eigenvalue weighted by Crippen LogP contribution is 2.28. The average Bonchev–Trinajstić information content (AvgIpc) is 2.38. The van der Waals surface area contributed by atoms with Crippen LogP contribution < -0.4 is 0 Å². The Morgan fingerprint density at radius 1 is 1.20 bits per heavy atom. The molecule has 0 spiro atoms. The molecule has 0 aromatic rings. The van der Waals surface area contributed by atoms with Crippen molar-refractivity contribution in [3.63, 3.8) is 0 Å². The van der Waals surface area contributed by atoms with E-state index in [-0.39, 0.29) is 12.6 Å². The second kappa shape index (κ2) is 5.99. The summed E-state index contributed by atoms with van der Waals surface area (Å²) < 4.78 is 28.3. The highest BCUT2D eigenvalue weighted by Gasteiger charge is 2.39. The second-order valence-corrected chi connectivity index (χ2v) is 8.01. The van der Waals surface area contributed by atoms with E-state index in [4.69, 9.17) is 5.11 Å². The van der Waals surface area contributed by atoms with Crippen LogP contribution in [0.15, 0.2) is 0 Å². The van der Waals surface area contributed by atoms with E-state index in [1.54, 1.807) is 4.31 Å². The van der Waals surface area contributed by atoms with Crippen LogP contribution in [0, 0.1) is 11.8 Å². The molecule has 0 aliphatic carbocycles. The van der Waals surface area contributed by atoms with Gasteiger partial charge >= 0.3 is 5.97 Å². The highest BCUT2D eigenvalue weighted by molar-refractivity contribution is 7.86. The van der Waals surface area contributed by atoms with Gasteiger partial charge in [0.1, 0.15) is 0 Å². The van der Waals surface area contributed by atoms with Crippen molar-refractivity contribution in [1.82, 2.24) is 8.61 Å². The Morgan fingerprint density at radius 3 is 2.50 bits per heavy atom. The molecule has 0 bridgehead atoms. The Labute approximate surface area is 120 Å². The van der Waals surface area contributed by atoms with E-state index in [0.717, 1.165) is 12.8 Å². The minimum atomic E-state index is -3.52. The van der Waals surface area contributed by atoms with Gasteiger partial charge in [0.05, 0.1) is 5.92 Å². The Kier molecular flexibility index (Phi) is 4.71. The van der Waals surface area contributed by atoms with Crippen molar-refractivity contribution >= 4 is 16.2 Å². The number of rotatable bonds is 3.